The minimum Gasteiger partial charge on any atom is -0.380 e. The highest BCUT2D eigenvalue weighted by molar-refractivity contribution is 6.13. The van der Waals surface area contributed by atoms with Gasteiger partial charge in [0.15, 0.2) is 5.78 Å². The van der Waals surface area contributed by atoms with Crippen molar-refractivity contribution in [3.8, 4) is 6.07 Å². The van der Waals surface area contributed by atoms with Crippen molar-refractivity contribution in [3.05, 3.63) is 64.4 Å². The Morgan fingerprint density at radius 1 is 1.25 bits per heavy atom. The quantitative estimate of drug-likeness (QED) is 0.793. The monoisotopic (exact) mass is 372 g/mol. The lowest BCUT2D eigenvalue weighted by Crippen LogP contribution is -2.43. The molecule has 2 heterocycles. The van der Waals surface area contributed by atoms with Crippen LogP contribution in [0.25, 0.3) is 0 Å². The summed E-state index contributed by atoms with van der Waals surface area (Å²) in [6.45, 7) is 8.22. The summed E-state index contributed by atoms with van der Waals surface area (Å²) >= 11 is 0. The van der Waals surface area contributed by atoms with Crippen LogP contribution in [0.4, 0.5) is 5.69 Å². The minimum atomic E-state index is -0.271. The molecule has 5 heteroatoms. The van der Waals surface area contributed by atoms with E-state index in [0.29, 0.717) is 5.57 Å². The van der Waals surface area contributed by atoms with Crippen molar-refractivity contribution in [2.75, 3.05) is 31.1 Å². The highest BCUT2D eigenvalue weighted by Crippen LogP contribution is 2.47. The predicted molar refractivity (Wildman–Crippen MR) is 109 cm³/mol. The third kappa shape index (κ3) is 2.38. The molecular weight excluding hydrogens is 348 g/mol. The molecule has 2 aliphatic heterocycles. The summed E-state index contributed by atoms with van der Waals surface area (Å²) < 4.78 is 0. The van der Waals surface area contributed by atoms with Crippen molar-refractivity contribution in [1.29, 1.82) is 5.26 Å². The first kappa shape index (κ1) is 17.3. The molecule has 2 atom stereocenters. The lowest BCUT2D eigenvalue weighted by atomic mass is 9.70. The molecule has 2 unspecified atom stereocenters. The zero-order valence-corrected chi connectivity index (χ0v) is 16.2. The molecular formula is C23H24N4O. The zero-order valence-electron chi connectivity index (χ0n) is 16.2. The molecule has 0 saturated carbocycles. The van der Waals surface area contributed by atoms with Crippen LogP contribution in [0.1, 0.15) is 29.8 Å². The van der Waals surface area contributed by atoms with Crippen LogP contribution in [-0.2, 0) is 5.41 Å². The van der Waals surface area contributed by atoms with Gasteiger partial charge in [0.2, 0.25) is 0 Å². The summed E-state index contributed by atoms with van der Waals surface area (Å²) in [5.74, 6) is 0.120. The molecule has 1 aromatic rings. The van der Waals surface area contributed by atoms with Gasteiger partial charge >= 0.3 is 0 Å². The number of rotatable bonds is 1. The van der Waals surface area contributed by atoms with E-state index in [9.17, 15) is 10.1 Å². The SMILES string of the molecule is CC1(C)C2=C(C(=O)c3cc(N4CCNCC4)ccc31)C1C=CC(C#N)=CC1N2. The van der Waals surface area contributed by atoms with E-state index in [-0.39, 0.29) is 23.2 Å². The number of benzene rings is 1. The van der Waals surface area contributed by atoms with E-state index in [1.807, 2.05) is 18.2 Å². The maximum Gasteiger partial charge on any atom is 0.191 e. The Morgan fingerprint density at radius 3 is 2.79 bits per heavy atom. The number of anilines is 1. The van der Waals surface area contributed by atoms with Gasteiger partial charge in [-0.15, -0.1) is 0 Å². The second-order valence-electron chi connectivity index (χ2n) is 8.50. The number of nitriles is 1. The van der Waals surface area contributed by atoms with E-state index in [1.165, 1.54) is 0 Å². The molecule has 0 aromatic heterocycles. The van der Waals surface area contributed by atoms with Gasteiger partial charge in [0.05, 0.1) is 12.1 Å². The molecule has 28 heavy (non-hydrogen) atoms. The summed E-state index contributed by atoms with van der Waals surface area (Å²) in [6, 6.07) is 8.56. The second kappa shape index (κ2) is 6.08. The van der Waals surface area contributed by atoms with Crippen LogP contribution in [-0.4, -0.2) is 38.0 Å². The van der Waals surface area contributed by atoms with Crippen LogP contribution >= 0.6 is 0 Å². The van der Waals surface area contributed by atoms with Gasteiger partial charge in [0, 0.05) is 65.6 Å². The second-order valence-corrected chi connectivity index (χ2v) is 8.50. The van der Waals surface area contributed by atoms with Gasteiger partial charge in [-0.25, -0.2) is 0 Å². The number of fused-ring (bicyclic) bond motifs is 3. The van der Waals surface area contributed by atoms with Crippen molar-refractivity contribution in [1.82, 2.24) is 10.6 Å². The molecule has 5 rings (SSSR count). The fraction of sp³-hybridized carbons (Fsp3) is 0.391. The molecule has 1 fully saturated rings. The van der Waals surface area contributed by atoms with Gasteiger partial charge in [-0.1, -0.05) is 26.0 Å². The van der Waals surface area contributed by atoms with Crippen LogP contribution in [0.2, 0.25) is 0 Å². The fourth-order valence-corrected chi connectivity index (χ4v) is 5.02. The van der Waals surface area contributed by atoms with Gasteiger partial charge in [-0.2, -0.15) is 5.26 Å². The van der Waals surface area contributed by atoms with Crippen LogP contribution < -0.4 is 15.5 Å². The zero-order chi connectivity index (χ0) is 19.5. The number of carbonyl (C=O) groups is 1. The number of nitrogens with one attached hydrogen (secondary N) is 2. The smallest absolute Gasteiger partial charge is 0.191 e. The fourth-order valence-electron chi connectivity index (χ4n) is 5.02. The molecule has 2 aliphatic carbocycles. The van der Waals surface area contributed by atoms with Crippen molar-refractivity contribution in [3.63, 3.8) is 0 Å². The van der Waals surface area contributed by atoms with Gasteiger partial charge in [0.1, 0.15) is 0 Å². The highest BCUT2D eigenvalue weighted by Gasteiger charge is 2.47. The van der Waals surface area contributed by atoms with E-state index in [0.717, 1.165) is 54.3 Å². The Kier molecular flexibility index (Phi) is 3.75. The Hall–Kier alpha value is -2.84. The Labute approximate surface area is 165 Å². The van der Waals surface area contributed by atoms with E-state index >= 15 is 0 Å². The summed E-state index contributed by atoms with van der Waals surface area (Å²) in [4.78, 5) is 15.9. The first-order valence-electron chi connectivity index (χ1n) is 9.97. The van der Waals surface area contributed by atoms with Crippen molar-refractivity contribution < 1.29 is 4.79 Å². The van der Waals surface area contributed by atoms with Crippen molar-refractivity contribution in [2.45, 2.75) is 25.3 Å². The normalized spacial score (nSPS) is 27.4. The summed E-state index contributed by atoms with van der Waals surface area (Å²) in [7, 11) is 0. The van der Waals surface area contributed by atoms with Crippen LogP contribution in [0.5, 0.6) is 0 Å². The standard InChI is InChI=1S/C23H24N4O/c1-23(2)18-6-4-15(27-9-7-25-8-10-27)12-17(18)21(28)20-16-5-3-14(13-24)11-19(16)26-22(20)23/h3-6,11-12,16,19,25-26H,7-10H2,1-2H3. The van der Waals surface area contributed by atoms with Crippen molar-refractivity contribution in [2.24, 2.45) is 5.92 Å². The summed E-state index contributed by atoms with van der Waals surface area (Å²) in [5.41, 5.74) is 5.28. The molecule has 4 aliphatic rings. The number of hydrogen-bond donors (Lipinski definition) is 2. The van der Waals surface area contributed by atoms with Crippen LogP contribution in [0.3, 0.4) is 0 Å². The lowest BCUT2D eigenvalue weighted by Gasteiger charge is -2.36. The third-order valence-corrected chi connectivity index (χ3v) is 6.54. The average molecular weight is 372 g/mol. The van der Waals surface area contributed by atoms with Crippen LogP contribution in [0.15, 0.2) is 53.3 Å². The van der Waals surface area contributed by atoms with Gasteiger partial charge in [-0.3, -0.25) is 4.79 Å². The third-order valence-electron chi connectivity index (χ3n) is 6.54. The number of Topliss-reactive ketones (excluding diaryl/α,β-unsaturated/α-hetero) is 1. The number of piperazine rings is 1. The van der Waals surface area contributed by atoms with Gasteiger partial charge in [-0.05, 0) is 29.8 Å². The number of allylic oxidation sites excluding steroid dienone is 3. The van der Waals surface area contributed by atoms with Crippen molar-refractivity contribution >= 4 is 11.5 Å². The summed E-state index contributed by atoms with van der Waals surface area (Å²) in [6.07, 6.45) is 5.80. The first-order valence-corrected chi connectivity index (χ1v) is 9.97. The molecule has 0 spiro atoms. The molecule has 142 valence electrons. The average Bonchev–Trinajstić information content (AvgIpc) is 3.12. The molecule has 0 amide bonds. The maximum absolute atomic E-state index is 13.6. The molecule has 1 aromatic carbocycles. The Morgan fingerprint density at radius 2 is 2.04 bits per heavy atom. The number of nitrogens with zero attached hydrogens (tertiary/aromatic N) is 2. The number of hydrogen-bond acceptors (Lipinski definition) is 5. The summed E-state index contributed by atoms with van der Waals surface area (Å²) in [5, 5.41) is 16.2. The van der Waals surface area contributed by atoms with E-state index < -0.39 is 0 Å². The molecule has 5 nitrogen and oxygen atoms in total. The van der Waals surface area contributed by atoms with E-state index in [2.05, 4.69) is 53.6 Å². The molecule has 0 radical (unpaired) electrons. The lowest BCUT2D eigenvalue weighted by molar-refractivity contribution is 0.102. The van der Waals surface area contributed by atoms with Crippen LogP contribution in [0, 0.1) is 17.2 Å². The first-order chi connectivity index (χ1) is 13.5. The minimum absolute atomic E-state index is 0.00475. The molecule has 2 N–H and O–H groups in total. The number of ketones is 1. The number of carbonyl (C=O) groups excluding carboxylic acids is 1. The molecule has 0 bridgehead atoms. The highest BCUT2D eigenvalue weighted by atomic mass is 16.1. The largest absolute Gasteiger partial charge is 0.380 e. The maximum atomic E-state index is 13.6. The Bertz CT molecular complexity index is 1000. The molecule has 1 saturated heterocycles. The van der Waals surface area contributed by atoms with Gasteiger partial charge in [0.25, 0.3) is 0 Å². The predicted octanol–water partition coefficient (Wildman–Crippen LogP) is 2.43. The Balaban J connectivity index is 1.57. The van der Waals surface area contributed by atoms with E-state index in [4.69, 9.17) is 0 Å². The topological polar surface area (TPSA) is 68.2 Å². The van der Waals surface area contributed by atoms with Gasteiger partial charge < -0.3 is 15.5 Å². The van der Waals surface area contributed by atoms with E-state index in [1.54, 1.807) is 0 Å².